The van der Waals surface area contributed by atoms with E-state index in [4.69, 9.17) is 5.73 Å². The SMILES string of the molecule is CN(C)CC(=O)N1CC(CC#N)(N=CC(=CN)c2cnn3c(-c4cccc(CC(=O)CCC(F)(F)F)c4)cnc3c2)C1. The Morgan fingerprint density at radius 2 is 2.00 bits per heavy atom. The molecule has 0 aliphatic carbocycles. The average molecular weight is 581 g/mol. The number of aromatic nitrogens is 3. The van der Waals surface area contributed by atoms with E-state index in [1.54, 1.807) is 63.3 Å². The summed E-state index contributed by atoms with van der Waals surface area (Å²) in [5, 5.41) is 13.9. The lowest BCUT2D eigenvalue weighted by molar-refractivity contribution is -0.143. The molecule has 4 rings (SSSR count). The highest BCUT2D eigenvalue weighted by molar-refractivity contribution is 6.10. The van der Waals surface area contributed by atoms with Crippen LogP contribution < -0.4 is 5.73 Å². The molecule has 0 atom stereocenters. The van der Waals surface area contributed by atoms with Crippen molar-refractivity contribution in [1.29, 1.82) is 5.26 Å². The standard InChI is InChI=1S/C29H31F3N8O2/c1-38(2)17-27(42)39-18-28(19-39,8-9-33)36-14-23(13-34)22-12-26-35-16-25(40(26)37-15-22)21-5-3-4-20(10-21)11-24(41)6-7-29(30,31)32/h3-5,10,12-16H,6-8,11,17-19,34H2,1-2H3. The monoisotopic (exact) mass is 580 g/mol. The fraction of sp³-hybridized carbons (Fsp3) is 0.379. The fourth-order valence-electron chi connectivity index (χ4n) is 4.69. The largest absolute Gasteiger partial charge is 0.404 e. The number of Topliss-reactive ketones (excluding diaryl/α,β-unsaturated/α-hetero) is 1. The summed E-state index contributed by atoms with van der Waals surface area (Å²) in [4.78, 5) is 37.0. The Morgan fingerprint density at radius 1 is 1.24 bits per heavy atom. The molecule has 0 spiro atoms. The molecule has 1 amide bonds. The van der Waals surface area contributed by atoms with E-state index >= 15 is 0 Å². The second-order valence-electron chi connectivity index (χ2n) is 10.6. The number of rotatable bonds is 11. The second kappa shape index (κ2) is 12.5. The van der Waals surface area contributed by atoms with Crippen LogP contribution >= 0.6 is 0 Å². The molecule has 220 valence electrons. The molecular weight excluding hydrogens is 549 g/mol. The number of benzene rings is 1. The number of halogens is 3. The number of carbonyl (C=O) groups is 2. The van der Waals surface area contributed by atoms with E-state index in [2.05, 4.69) is 21.1 Å². The van der Waals surface area contributed by atoms with Crippen LogP contribution in [0, 0.1) is 11.3 Å². The van der Waals surface area contributed by atoms with Gasteiger partial charge in [0.25, 0.3) is 0 Å². The summed E-state index contributed by atoms with van der Waals surface area (Å²) in [7, 11) is 3.63. The summed E-state index contributed by atoms with van der Waals surface area (Å²) in [6.45, 7) is 0.966. The Morgan fingerprint density at radius 3 is 2.67 bits per heavy atom. The zero-order valence-electron chi connectivity index (χ0n) is 23.3. The number of allylic oxidation sites excluding steroid dienone is 1. The third-order valence-electron chi connectivity index (χ3n) is 6.85. The Kier molecular flexibility index (Phi) is 9.06. The van der Waals surface area contributed by atoms with Crippen molar-refractivity contribution in [2.45, 2.75) is 37.4 Å². The first-order valence-electron chi connectivity index (χ1n) is 13.2. The number of nitrogens with two attached hydrogens (primary N) is 1. The number of hydrogen-bond donors (Lipinski definition) is 1. The highest BCUT2D eigenvalue weighted by atomic mass is 19.4. The summed E-state index contributed by atoms with van der Waals surface area (Å²) >= 11 is 0. The summed E-state index contributed by atoms with van der Waals surface area (Å²) in [6, 6.07) is 10.9. The number of amides is 1. The number of likely N-dealkylation sites (tertiary alicyclic amines) is 1. The van der Waals surface area contributed by atoms with E-state index in [0.717, 1.165) is 0 Å². The minimum atomic E-state index is -4.37. The van der Waals surface area contributed by atoms with Gasteiger partial charge in [-0.15, -0.1) is 0 Å². The molecule has 3 aromatic rings. The van der Waals surface area contributed by atoms with Crippen LogP contribution in [-0.2, 0) is 16.0 Å². The highest BCUT2D eigenvalue weighted by Gasteiger charge is 2.44. The lowest BCUT2D eigenvalue weighted by Gasteiger charge is -2.46. The van der Waals surface area contributed by atoms with Gasteiger partial charge >= 0.3 is 6.18 Å². The van der Waals surface area contributed by atoms with E-state index in [9.17, 15) is 28.0 Å². The number of hydrogen-bond acceptors (Lipinski definition) is 8. The lowest BCUT2D eigenvalue weighted by Crippen LogP contribution is -2.63. The Hall–Kier alpha value is -4.57. The number of nitrogens with zero attached hydrogens (tertiary/aromatic N) is 7. The first-order valence-corrected chi connectivity index (χ1v) is 13.2. The molecule has 0 bridgehead atoms. The van der Waals surface area contributed by atoms with Gasteiger partial charge in [0.05, 0.1) is 43.5 Å². The van der Waals surface area contributed by atoms with Gasteiger partial charge in [0.15, 0.2) is 5.65 Å². The number of ketones is 1. The van der Waals surface area contributed by atoms with E-state index in [0.29, 0.717) is 46.7 Å². The Balaban J connectivity index is 1.49. The van der Waals surface area contributed by atoms with Crippen LogP contribution in [0.3, 0.4) is 0 Å². The minimum absolute atomic E-state index is 0.0262. The van der Waals surface area contributed by atoms with Crippen LogP contribution in [-0.4, -0.2) is 87.7 Å². The Bertz CT molecular complexity index is 1560. The Labute approximate surface area is 240 Å². The van der Waals surface area contributed by atoms with Crippen LogP contribution in [0.5, 0.6) is 0 Å². The number of aliphatic imine (C=N–C) groups is 1. The van der Waals surface area contributed by atoms with Crippen molar-refractivity contribution in [2.75, 3.05) is 33.7 Å². The molecule has 1 saturated heterocycles. The minimum Gasteiger partial charge on any atom is -0.404 e. The normalized spacial score (nSPS) is 15.3. The number of alkyl halides is 3. The maximum absolute atomic E-state index is 12.5. The van der Waals surface area contributed by atoms with Gasteiger partial charge in [-0.2, -0.15) is 23.5 Å². The van der Waals surface area contributed by atoms with Gasteiger partial charge < -0.3 is 15.5 Å². The van der Waals surface area contributed by atoms with Gasteiger partial charge in [-0.3, -0.25) is 14.6 Å². The molecule has 0 saturated carbocycles. The van der Waals surface area contributed by atoms with Crippen molar-refractivity contribution in [3.05, 3.63) is 60.1 Å². The van der Waals surface area contributed by atoms with Gasteiger partial charge in [-0.25, -0.2) is 9.50 Å². The smallest absolute Gasteiger partial charge is 0.389 e. The van der Waals surface area contributed by atoms with Crippen molar-refractivity contribution >= 4 is 29.1 Å². The first-order chi connectivity index (χ1) is 19.9. The predicted molar refractivity (Wildman–Crippen MR) is 151 cm³/mol. The van der Waals surface area contributed by atoms with Crippen LogP contribution in [0.1, 0.15) is 30.4 Å². The van der Waals surface area contributed by atoms with E-state index in [1.165, 1.54) is 6.20 Å². The predicted octanol–water partition coefficient (Wildman–Crippen LogP) is 3.28. The average Bonchev–Trinajstić information content (AvgIpc) is 3.33. The maximum Gasteiger partial charge on any atom is 0.389 e. The maximum atomic E-state index is 12.5. The van der Waals surface area contributed by atoms with Gasteiger partial charge in [0, 0.05) is 55.0 Å². The molecule has 2 aromatic heterocycles. The van der Waals surface area contributed by atoms with Crippen LogP contribution in [0.25, 0.3) is 22.5 Å². The number of imidazole rings is 1. The molecule has 10 nitrogen and oxygen atoms in total. The summed E-state index contributed by atoms with van der Waals surface area (Å²) in [6.07, 6.45) is 0.172. The molecule has 0 unspecified atom stereocenters. The molecular formula is C29H31F3N8O2. The number of carbonyl (C=O) groups excluding carboxylic acids is 2. The van der Waals surface area contributed by atoms with Gasteiger partial charge in [0.1, 0.15) is 11.3 Å². The molecule has 13 heteroatoms. The summed E-state index contributed by atoms with van der Waals surface area (Å²) < 4.78 is 39.0. The van der Waals surface area contributed by atoms with E-state index < -0.39 is 30.3 Å². The second-order valence-corrected chi connectivity index (χ2v) is 10.6. The molecule has 1 aliphatic rings. The number of likely N-dealkylation sites (N-methyl/N-ethyl adjacent to an activating group) is 1. The van der Waals surface area contributed by atoms with E-state index in [-0.39, 0.29) is 25.3 Å². The summed E-state index contributed by atoms with van der Waals surface area (Å²) in [5.41, 5.74) is 8.85. The molecule has 3 heterocycles. The van der Waals surface area contributed by atoms with Gasteiger partial charge in [-0.05, 0) is 31.8 Å². The summed E-state index contributed by atoms with van der Waals surface area (Å²) in [5.74, 6) is -0.513. The van der Waals surface area contributed by atoms with Gasteiger partial charge in [-0.1, -0.05) is 18.2 Å². The van der Waals surface area contributed by atoms with E-state index in [1.807, 2.05) is 14.1 Å². The molecule has 2 N–H and O–H groups in total. The topological polar surface area (TPSA) is 133 Å². The third kappa shape index (κ3) is 7.38. The highest BCUT2D eigenvalue weighted by Crippen LogP contribution is 2.30. The zero-order valence-corrected chi connectivity index (χ0v) is 23.3. The van der Waals surface area contributed by atoms with Crippen LogP contribution in [0.4, 0.5) is 13.2 Å². The first kappa shape index (κ1) is 30.4. The van der Waals surface area contributed by atoms with Crippen molar-refractivity contribution in [1.82, 2.24) is 24.4 Å². The fourth-order valence-corrected chi connectivity index (χ4v) is 4.69. The van der Waals surface area contributed by atoms with Crippen molar-refractivity contribution < 1.29 is 22.8 Å². The number of fused-ring (bicyclic) bond motifs is 1. The number of nitriles is 1. The van der Waals surface area contributed by atoms with Crippen LogP contribution in [0.15, 0.2) is 53.9 Å². The quantitative estimate of drug-likeness (QED) is 0.344. The molecule has 1 aromatic carbocycles. The van der Waals surface area contributed by atoms with Crippen molar-refractivity contribution in [3.8, 4) is 17.3 Å². The van der Waals surface area contributed by atoms with Crippen molar-refractivity contribution in [3.63, 3.8) is 0 Å². The molecule has 1 aliphatic heterocycles. The molecule has 0 radical (unpaired) electrons. The van der Waals surface area contributed by atoms with Crippen LogP contribution in [0.2, 0.25) is 0 Å². The van der Waals surface area contributed by atoms with Crippen molar-refractivity contribution in [2.24, 2.45) is 10.7 Å². The molecule has 1 fully saturated rings. The third-order valence-corrected chi connectivity index (χ3v) is 6.85. The molecule has 42 heavy (non-hydrogen) atoms. The van der Waals surface area contributed by atoms with Gasteiger partial charge in [0.2, 0.25) is 5.91 Å². The lowest BCUT2D eigenvalue weighted by atomic mass is 9.87. The zero-order chi connectivity index (χ0) is 30.5.